The van der Waals surface area contributed by atoms with E-state index in [9.17, 15) is 12.8 Å². The minimum Gasteiger partial charge on any atom is -0.280 e. The Kier molecular flexibility index (Phi) is 4.25. The monoisotopic (exact) mass is 402 g/mol. The molecule has 0 atom stereocenters. The van der Waals surface area contributed by atoms with Crippen LogP contribution in [0.25, 0.3) is 0 Å². The minimum atomic E-state index is -3.85. The molecule has 4 nitrogen and oxygen atoms in total. The third-order valence-electron chi connectivity index (χ3n) is 2.45. The Hall–Kier alpha value is -1.66. The summed E-state index contributed by atoms with van der Waals surface area (Å²) in [6.07, 6.45) is 0. The first-order valence-corrected chi connectivity index (χ1v) is 7.96. The third-order valence-corrected chi connectivity index (χ3v) is 4.50. The average Bonchev–Trinajstić information content (AvgIpc) is 2.38. The number of hydrogen-bond donors (Lipinski definition) is 1. The average molecular weight is 402 g/mol. The number of rotatable bonds is 3. The Morgan fingerprint density at radius 1 is 1.20 bits per heavy atom. The normalized spacial score (nSPS) is 10.8. The van der Waals surface area contributed by atoms with E-state index in [1.807, 2.05) is 6.07 Å². The molecular formula is C13H8FIN2O2S. The van der Waals surface area contributed by atoms with E-state index in [2.05, 4.69) is 27.3 Å². The molecule has 20 heavy (non-hydrogen) atoms. The molecule has 0 aliphatic carbocycles. The highest BCUT2D eigenvalue weighted by molar-refractivity contribution is 14.1. The smallest absolute Gasteiger partial charge is 0.261 e. The lowest BCUT2D eigenvalue weighted by Gasteiger charge is -2.08. The molecule has 0 bridgehead atoms. The Bertz CT molecular complexity index is 800. The van der Waals surface area contributed by atoms with E-state index >= 15 is 0 Å². The highest BCUT2D eigenvalue weighted by atomic mass is 127. The lowest BCUT2D eigenvalue weighted by molar-refractivity contribution is 0.599. The van der Waals surface area contributed by atoms with Crippen LogP contribution in [0.2, 0.25) is 0 Å². The van der Waals surface area contributed by atoms with Gasteiger partial charge in [-0.05, 0) is 59.0 Å². The van der Waals surface area contributed by atoms with Gasteiger partial charge < -0.3 is 0 Å². The number of sulfonamides is 1. The maximum absolute atomic E-state index is 13.2. The first-order valence-electron chi connectivity index (χ1n) is 5.40. The van der Waals surface area contributed by atoms with Crippen LogP contribution in [0, 0.1) is 20.7 Å². The lowest BCUT2D eigenvalue weighted by Crippen LogP contribution is -2.13. The molecule has 2 aromatic rings. The van der Waals surface area contributed by atoms with Crippen LogP contribution in [0.5, 0.6) is 0 Å². The van der Waals surface area contributed by atoms with Crippen molar-refractivity contribution in [3.05, 3.63) is 57.4 Å². The lowest BCUT2D eigenvalue weighted by atomic mass is 10.2. The molecule has 0 radical (unpaired) electrons. The van der Waals surface area contributed by atoms with Gasteiger partial charge in [0.05, 0.1) is 10.5 Å². The minimum absolute atomic E-state index is 0.158. The molecule has 0 heterocycles. The van der Waals surface area contributed by atoms with Gasteiger partial charge in [-0.1, -0.05) is 6.07 Å². The van der Waals surface area contributed by atoms with Gasteiger partial charge in [-0.3, -0.25) is 4.72 Å². The first-order chi connectivity index (χ1) is 9.42. The van der Waals surface area contributed by atoms with E-state index in [4.69, 9.17) is 5.26 Å². The van der Waals surface area contributed by atoms with Crippen LogP contribution in [0.4, 0.5) is 10.1 Å². The summed E-state index contributed by atoms with van der Waals surface area (Å²) in [5.41, 5.74) is 0.0928. The topological polar surface area (TPSA) is 70.0 Å². The van der Waals surface area contributed by atoms with Crippen LogP contribution in [0.15, 0.2) is 47.4 Å². The zero-order valence-corrected chi connectivity index (χ0v) is 12.9. The van der Waals surface area contributed by atoms with Crippen LogP contribution in [0.3, 0.4) is 0 Å². The van der Waals surface area contributed by atoms with E-state index in [1.165, 1.54) is 0 Å². The number of hydrogen-bond acceptors (Lipinski definition) is 3. The molecule has 7 heteroatoms. The molecular weight excluding hydrogens is 394 g/mol. The van der Waals surface area contributed by atoms with Crippen molar-refractivity contribution in [1.82, 2.24) is 0 Å². The molecule has 0 fully saturated rings. The highest BCUT2D eigenvalue weighted by Gasteiger charge is 2.16. The molecule has 0 aromatic heterocycles. The van der Waals surface area contributed by atoms with Gasteiger partial charge in [0.15, 0.2) is 0 Å². The highest BCUT2D eigenvalue weighted by Crippen LogP contribution is 2.19. The second kappa shape index (κ2) is 5.76. The molecule has 0 amide bonds. The summed E-state index contributed by atoms with van der Waals surface area (Å²) in [5, 5.41) is 8.73. The first kappa shape index (κ1) is 14.7. The molecule has 102 valence electrons. The molecule has 1 N–H and O–H groups in total. The molecule has 2 rings (SSSR count). The van der Waals surface area contributed by atoms with Crippen molar-refractivity contribution in [2.75, 3.05) is 4.72 Å². The Labute approximate surface area is 129 Å². The molecule has 0 aliphatic heterocycles. The van der Waals surface area contributed by atoms with Crippen molar-refractivity contribution >= 4 is 38.3 Å². The summed E-state index contributed by atoms with van der Waals surface area (Å²) in [6.45, 7) is 0. The second-order valence-corrected chi connectivity index (χ2v) is 6.80. The quantitative estimate of drug-likeness (QED) is 0.803. The van der Waals surface area contributed by atoms with Gasteiger partial charge in [0.25, 0.3) is 10.0 Å². The fourth-order valence-electron chi connectivity index (χ4n) is 1.52. The Morgan fingerprint density at radius 2 is 1.95 bits per heavy atom. The molecule has 0 spiro atoms. The molecule has 2 aromatic carbocycles. The Balaban J connectivity index is 2.39. The van der Waals surface area contributed by atoms with Gasteiger partial charge in [-0.25, -0.2) is 12.8 Å². The van der Waals surface area contributed by atoms with Crippen molar-refractivity contribution in [3.8, 4) is 6.07 Å². The summed E-state index contributed by atoms with van der Waals surface area (Å²) < 4.78 is 40.7. The van der Waals surface area contributed by atoms with Gasteiger partial charge in [-0.2, -0.15) is 5.26 Å². The van der Waals surface area contributed by atoms with Gasteiger partial charge in [0.1, 0.15) is 11.9 Å². The van der Waals surface area contributed by atoms with Crippen molar-refractivity contribution in [1.29, 1.82) is 5.26 Å². The maximum Gasteiger partial charge on any atom is 0.261 e. The second-order valence-electron chi connectivity index (χ2n) is 3.87. The fourth-order valence-corrected chi connectivity index (χ4v) is 3.14. The van der Waals surface area contributed by atoms with Crippen LogP contribution in [-0.2, 0) is 10.0 Å². The predicted octanol–water partition coefficient (Wildman–Crippen LogP) is 3.10. The number of benzene rings is 2. The third kappa shape index (κ3) is 3.26. The summed E-state index contributed by atoms with van der Waals surface area (Å²) in [6, 6.07) is 11.5. The summed E-state index contributed by atoms with van der Waals surface area (Å²) >= 11 is 2.06. The van der Waals surface area contributed by atoms with E-state index in [0.717, 1.165) is 21.8 Å². The molecule has 0 saturated heterocycles. The maximum atomic E-state index is 13.2. The van der Waals surface area contributed by atoms with Crippen LogP contribution in [-0.4, -0.2) is 8.42 Å². The number of nitrogens with zero attached hydrogens (tertiary/aromatic N) is 1. The summed E-state index contributed by atoms with van der Waals surface area (Å²) in [5.74, 6) is -0.749. The summed E-state index contributed by atoms with van der Waals surface area (Å²) in [4.78, 5) is -0.158. The predicted molar refractivity (Wildman–Crippen MR) is 81.1 cm³/mol. The number of nitrogens with one attached hydrogen (secondary N) is 1. The number of anilines is 1. The van der Waals surface area contributed by atoms with Crippen molar-refractivity contribution in [2.45, 2.75) is 4.90 Å². The van der Waals surface area contributed by atoms with E-state index in [0.29, 0.717) is 5.69 Å². The van der Waals surface area contributed by atoms with Crippen molar-refractivity contribution < 1.29 is 12.8 Å². The van der Waals surface area contributed by atoms with Crippen molar-refractivity contribution in [2.24, 2.45) is 0 Å². The molecule has 0 aliphatic rings. The van der Waals surface area contributed by atoms with Gasteiger partial charge in [-0.15, -0.1) is 0 Å². The molecule has 0 saturated carbocycles. The van der Waals surface area contributed by atoms with E-state index < -0.39 is 15.8 Å². The fraction of sp³-hybridized carbons (Fsp3) is 0. The SMILES string of the molecule is N#Cc1cc(S(=O)(=O)Nc2cccc(I)c2)ccc1F. The van der Waals surface area contributed by atoms with Crippen LogP contribution >= 0.6 is 22.6 Å². The van der Waals surface area contributed by atoms with Gasteiger partial charge in [0, 0.05) is 9.26 Å². The number of halogens is 2. The Morgan fingerprint density at radius 3 is 2.60 bits per heavy atom. The summed E-state index contributed by atoms with van der Waals surface area (Å²) in [7, 11) is -3.85. The van der Waals surface area contributed by atoms with E-state index in [1.54, 1.807) is 24.3 Å². The molecule has 0 unspecified atom stereocenters. The largest absolute Gasteiger partial charge is 0.280 e. The zero-order chi connectivity index (χ0) is 14.8. The van der Waals surface area contributed by atoms with Crippen molar-refractivity contribution in [3.63, 3.8) is 0 Å². The number of nitriles is 1. The van der Waals surface area contributed by atoms with Gasteiger partial charge >= 0.3 is 0 Å². The zero-order valence-electron chi connectivity index (χ0n) is 9.97. The van der Waals surface area contributed by atoms with Crippen LogP contribution < -0.4 is 4.72 Å². The van der Waals surface area contributed by atoms with E-state index in [-0.39, 0.29) is 10.5 Å². The van der Waals surface area contributed by atoms with Crippen LogP contribution in [0.1, 0.15) is 5.56 Å². The van der Waals surface area contributed by atoms with Gasteiger partial charge in [0.2, 0.25) is 0 Å². The standard InChI is InChI=1S/C13H8FIN2O2S/c14-13-5-4-12(6-9(13)8-16)20(18,19)17-11-3-1-2-10(15)7-11/h1-7,17H.